The van der Waals surface area contributed by atoms with E-state index in [9.17, 15) is 4.79 Å². The number of ether oxygens (including phenoxy) is 1. The van der Waals surface area contributed by atoms with Gasteiger partial charge in [0.15, 0.2) is 0 Å². The largest absolute Gasteiger partial charge is 0.468 e. The smallest absolute Gasteiger partial charge is 0.289 e. The zero-order chi connectivity index (χ0) is 23.9. The van der Waals surface area contributed by atoms with E-state index in [-0.39, 0.29) is 11.8 Å². The highest BCUT2D eigenvalue weighted by molar-refractivity contribution is 6.30. The lowest BCUT2D eigenvalue weighted by Gasteiger charge is -2.26. The third-order valence-electron chi connectivity index (χ3n) is 5.94. The van der Waals surface area contributed by atoms with Crippen molar-refractivity contribution >= 4 is 23.5 Å². The topological polar surface area (TPSA) is 62.7 Å². The van der Waals surface area contributed by atoms with Crippen molar-refractivity contribution in [3.05, 3.63) is 118 Å². The van der Waals surface area contributed by atoms with Crippen molar-refractivity contribution in [1.29, 1.82) is 0 Å². The number of rotatable bonds is 7. The Morgan fingerprint density at radius 1 is 1.03 bits per heavy atom. The number of amides is 1. The minimum absolute atomic E-state index is 0.159. The number of carbonyl (C=O) groups excluding carboxylic acids is 1. The van der Waals surface area contributed by atoms with Gasteiger partial charge in [-0.15, -0.1) is 0 Å². The maximum Gasteiger partial charge on any atom is 0.289 e. The molecule has 0 radical (unpaired) electrons. The van der Waals surface area contributed by atoms with Crippen molar-refractivity contribution < 1.29 is 9.53 Å². The SMILES string of the molecule is COC1=NC(c2cccc(Cl)c2)C(C(=O)NCCC(c2ccccc2)c2ccccc2)=C(C)N1. The van der Waals surface area contributed by atoms with Gasteiger partial charge in [-0.3, -0.25) is 4.79 Å². The highest BCUT2D eigenvalue weighted by Gasteiger charge is 2.30. The molecule has 0 aromatic heterocycles. The molecular formula is C28H28ClN3O2. The molecule has 3 aromatic rings. The second-order valence-electron chi connectivity index (χ2n) is 8.18. The Bertz CT molecular complexity index is 1150. The molecule has 3 aromatic carbocycles. The van der Waals surface area contributed by atoms with Gasteiger partial charge in [0.1, 0.15) is 6.04 Å². The van der Waals surface area contributed by atoms with Crippen molar-refractivity contribution in [1.82, 2.24) is 10.6 Å². The molecule has 4 rings (SSSR count). The second-order valence-corrected chi connectivity index (χ2v) is 8.61. The molecule has 0 saturated carbocycles. The van der Waals surface area contributed by atoms with Crippen molar-refractivity contribution in [2.24, 2.45) is 4.99 Å². The summed E-state index contributed by atoms with van der Waals surface area (Å²) in [7, 11) is 1.55. The zero-order valence-corrected chi connectivity index (χ0v) is 20.0. The number of hydrogen-bond donors (Lipinski definition) is 2. The van der Waals surface area contributed by atoms with Gasteiger partial charge in [0.2, 0.25) is 0 Å². The van der Waals surface area contributed by atoms with E-state index >= 15 is 0 Å². The molecule has 0 fully saturated rings. The van der Waals surface area contributed by atoms with E-state index in [0.29, 0.717) is 28.9 Å². The predicted octanol–water partition coefficient (Wildman–Crippen LogP) is 5.60. The number of halogens is 1. The Morgan fingerprint density at radius 3 is 2.26 bits per heavy atom. The van der Waals surface area contributed by atoms with Gasteiger partial charge in [0.05, 0.1) is 12.7 Å². The molecule has 0 spiro atoms. The van der Waals surface area contributed by atoms with Gasteiger partial charge in [-0.2, -0.15) is 0 Å². The van der Waals surface area contributed by atoms with E-state index < -0.39 is 6.04 Å². The Labute approximate surface area is 205 Å². The third-order valence-corrected chi connectivity index (χ3v) is 6.18. The summed E-state index contributed by atoms with van der Waals surface area (Å²) in [6, 6.07) is 28.0. The third kappa shape index (κ3) is 5.49. The highest BCUT2D eigenvalue weighted by Crippen LogP contribution is 2.32. The molecule has 5 nitrogen and oxygen atoms in total. The average Bonchev–Trinajstić information content (AvgIpc) is 2.87. The van der Waals surface area contributed by atoms with Crippen molar-refractivity contribution in [3.63, 3.8) is 0 Å². The fourth-order valence-corrected chi connectivity index (χ4v) is 4.48. The van der Waals surface area contributed by atoms with Crippen LogP contribution in [0.2, 0.25) is 5.02 Å². The maximum atomic E-state index is 13.4. The van der Waals surface area contributed by atoms with E-state index in [2.05, 4.69) is 39.9 Å². The number of allylic oxidation sites excluding steroid dienone is 1. The normalized spacial score (nSPS) is 15.5. The molecule has 174 valence electrons. The number of amidine groups is 1. The number of carbonyl (C=O) groups is 1. The van der Waals surface area contributed by atoms with Gasteiger partial charge in [0, 0.05) is 23.2 Å². The van der Waals surface area contributed by atoms with Gasteiger partial charge in [-0.05, 0) is 42.2 Å². The Morgan fingerprint density at radius 2 is 1.68 bits per heavy atom. The first-order chi connectivity index (χ1) is 16.6. The number of methoxy groups -OCH3 is 1. The average molecular weight is 474 g/mol. The molecule has 1 aliphatic rings. The van der Waals surface area contributed by atoms with Crippen molar-refractivity contribution in [2.45, 2.75) is 25.3 Å². The number of benzene rings is 3. The number of hydrogen-bond acceptors (Lipinski definition) is 4. The minimum atomic E-state index is -0.506. The van der Waals surface area contributed by atoms with Gasteiger partial charge >= 0.3 is 0 Å². The molecule has 2 N–H and O–H groups in total. The predicted molar refractivity (Wildman–Crippen MR) is 137 cm³/mol. The molecule has 1 unspecified atom stereocenters. The van der Waals surface area contributed by atoms with Crippen LogP contribution in [0.4, 0.5) is 0 Å². The van der Waals surface area contributed by atoms with E-state index in [1.54, 1.807) is 13.2 Å². The van der Waals surface area contributed by atoms with Crippen LogP contribution in [0.15, 0.2) is 101 Å². The van der Waals surface area contributed by atoms with E-state index in [0.717, 1.165) is 12.0 Å². The summed E-state index contributed by atoms with van der Waals surface area (Å²) < 4.78 is 5.32. The Kier molecular flexibility index (Phi) is 7.65. The number of aliphatic imine (C=N–C) groups is 1. The van der Waals surface area contributed by atoms with E-state index in [1.165, 1.54) is 11.1 Å². The van der Waals surface area contributed by atoms with Crippen molar-refractivity contribution in [2.75, 3.05) is 13.7 Å². The minimum Gasteiger partial charge on any atom is -0.468 e. The molecular weight excluding hydrogens is 446 g/mol. The molecule has 6 heteroatoms. The lowest BCUT2D eigenvalue weighted by molar-refractivity contribution is -0.117. The van der Waals surface area contributed by atoms with Crippen LogP contribution < -0.4 is 10.6 Å². The fourth-order valence-electron chi connectivity index (χ4n) is 4.28. The van der Waals surface area contributed by atoms with Gasteiger partial charge in [-0.25, -0.2) is 4.99 Å². The number of nitrogens with one attached hydrogen (secondary N) is 2. The summed E-state index contributed by atoms with van der Waals surface area (Å²) in [6.07, 6.45) is 0.772. The summed E-state index contributed by atoms with van der Waals surface area (Å²) in [5.74, 6) is 0.0258. The van der Waals surface area contributed by atoms with E-state index in [4.69, 9.17) is 16.3 Å². The van der Waals surface area contributed by atoms with Crippen LogP contribution in [0.1, 0.15) is 42.0 Å². The fraction of sp³-hybridized carbons (Fsp3) is 0.214. The molecule has 1 aliphatic heterocycles. The first-order valence-corrected chi connectivity index (χ1v) is 11.7. The molecule has 0 bridgehead atoms. The van der Waals surface area contributed by atoms with Crippen LogP contribution >= 0.6 is 11.6 Å². The summed E-state index contributed by atoms with van der Waals surface area (Å²) in [5, 5.41) is 6.79. The summed E-state index contributed by atoms with van der Waals surface area (Å²) in [6.45, 7) is 2.38. The quantitative estimate of drug-likeness (QED) is 0.469. The standard InChI is InChI=1S/C28H28ClN3O2/c1-19-25(26(32-28(31-19)34-2)22-14-9-15-23(29)18-22)27(33)30-17-16-24(20-10-5-3-6-11-20)21-12-7-4-8-13-21/h3-15,18,24,26H,16-17H2,1-2H3,(H,30,33)(H,31,32). The summed E-state index contributed by atoms with van der Waals surface area (Å²) in [5.41, 5.74) is 4.54. The van der Waals surface area contributed by atoms with Crippen LogP contribution in [-0.4, -0.2) is 25.6 Å². The number of nitrogens with zero attached hydrogens (tertiary/aromatic N) is 1. The molecule has 1 atom stereocenters. The molecule has 0 saturated heterocycles. The van der Waals surface area contributed by atoms with Crippen LogP contribution in [0.25, 0.3) is 0 Å². The van der Waals surface area contributed by atoms with Crippen LogP contribution in [0.3, 0.4) is 0 Å². The lowest BCUT2D eigenvalue weighted by Crippen LogP contribution is -2.37. The van der Waals surface area contributed by atoms with Crippen LogP contribution in [0, 0.1) is 0 Å². The van der Waals surface area contributed by atoms with Crippen molar-refractivity contribution in [3.8, 4) is 0 Å². The Hall–Kier alpha value is -3.57. The molecule has 0 aliphatic carbocycles. The van der Waals surface area contributed by atoms with Gasteiger partial charge in [0.25, 0.3) is 11.9 Å². The van der Waals surface area contributed by atoms with Crippen LogP contribution in [0.5, 0.6) is 0 Å². The van der Waals surface area contributed by atoms with Crippen LogP contribution in [-0.2, 0) is 9.53 Å². The maximum absolute atomic E-state index is 13.4. The van der Waals surface area contributed by atoms with Gasteiger partial charge in [-0.1, -0.05) is 84.4 Å². The monoisotopic (exact) mass is 473 g/mol. The zero-order valence-electron chi connectivity index (χ0n) is 19.3. The van der Waals surface area contributed by atoms with Gasteiger partial charge < -0.3 is 15.4 Å². The summed E-state index contributed by atoms with van der Waals surface area (Å²) in [4.78, 5) is 18.0. The molecule has 1 heterocycles. The highest BCUT2D eigenvalue weighted by atomic mass is 35.5. The first kappa shape index (κ1) is 23.6. The second kappa shape index (κ2) is 11.0. The molecule has 1 amide bonds. The molecule has 34 heavy (non-hydrogen) atoms. The Balaban J connectivity index is 1.52. The summed E-state index contributed by atoms with van der Waals surface area (Å²) >= 11 is 6.22. The van der Waals surface area contributed by atoms with E-state index in [1.807, 2.05) is 61.5 Å². The lowest BCUT2D eigenvalue weighted by atomic mass is 9.88. The first-order valence-electron chi connectivity index (χ1n) is 11.3.